The van der Waals surface area contributed by atoms with Crippen molar-refractivity contribution in [1.82, 2.24) is 20.0 Å². The quantitative estimate of drug-likeness (QED) is 0.774. The van der Waals surface area contributed by atoms with Gasteiger partial charge in [-0.05, 0) is 49.9 Å². The number of hydrogen-bond acceptors (Lipinski definition) is 4. The number of piperidine rings is 1. The molecule has 2 heterocycles. The number of rotatable bonds is 6. The molecular formula is C21H25F3N4O2. The molecule has 9 heteroatoms. The summed E-state index contributed by atoms with van der Waals surface area (Å²) in [6, 6.07) is 8.09. The van der Waals surface area contributed by atoms with Gasteiger partial charge in [0.2, 0.25) is 0 Å². The van der Waals surface area contributed by atoms with Gasteiger partial charge in [0.15, 0.2) is 0 Å². The molecule has 1 aliphatic heterocycles. The van der Waals surface area contributed by atoms with Crippen molar-refractivity contribution in [3.8, 4) is 11.4 Å². The maximum atomic E-state index is 12.2. The zero-order chi connectivity index (χ0) is 21.1. The lowest BCUT2D eigenvalue weighted by Gasteiger charge is -2.41. The van der Waals surface area contributed by atoms with E-state index in [1.54, 1.807) is 0 Å². The molecule has 1 aromatic carbocycles. The minimum atomic E-state index is -4.45. The third-order valence-electron chi connectivity index (χ3n) is 5.77. The van der Waals surface area contributed by atoms with Gasteiger partial charge < -0.3 is 15.0 Å². The molecule has 2 fully saturated rings. The van der Waals surface area contributed by atoms with E-state index in [1.807, 2.05) is 29.6 Å². The van der Waals surface area contributed by atoms with Crippen molar-refractivity contribution in [2.24, 2.45) is 0 Å². The van der Waals surface area contributed by atoms with Crippen LogP contribution in [0.3, 0.4) is 0 Å². The van der Waals surface area contributed by atoms with Crippen LogP contribution in [0.5, 0.6) is 5.75 Å². The highest BCUT2D eigenvalue weighted by molar-refractivity contribution is 5.93. The summed E-state index contributed by atoms with van der Waals surface area (Å²) in [5.74, 6) is -0.0390. The first-order valence-corrected chi connectivity index (χ1v) is 10.3. The van der Waals surface area contributed by atoms with Crippen LogP contribution in [0.15, 0.2) is 36.7 Å². The first-order valence-electron chi connectivity index (χ1n) is 10.3. The number of alkyl halides is 3. The van der Waals surface area contributed by atoms with Gasteiger partial charge in [-0.1, -0.05) is 6.42 Å². The first kappa shape index (κ1) is 20.7. The number of ether oxygens (including phenoxy) is 1. The van der Waals surface area contributed by atoms with E-state index in [2.05, 4.69) is 10.00 Å². The summed E-state index contributed by atoms with van der Waals surface area (Å²) in [6.45, 7) is 0.794. The minimum absolute atomic E-state index is 0.0674. The Morgan fingerprint density at radius 2 is 1.83 bits per heavy atom. The first-order chi connectivity index (χ1) is 14.4. The minimum Gasteiger partial charge on any atom is -0.490 e. The SMILES string of the molecule is O=C(NCC(F)(F)F)c1cnn(-c2ccc(OC3CCN(C4CCC4)CC3)cc2)c1. The second kappa shape index (κ2) is 8.67. The maximum Gasteiger partial charge on any atom is 0.405 e. The molecule has 1 aromatic heterocycles. The van der Waals surface area contributed by atoms with Gasteiger partial charge in [-0.3, -0.25) is 4.79 Å². The number of carbonyl (C=O) groups excluding carboxylic acids is 1. The lowest BCUT2D eigenvalue weighted by molar-refractivity contribution is -0.123. The fourth-order valence-electron chi connectivity index (χ4n) is 3.84. The van der Waals surface area contributed by atoms with E-state index < -0.39 is 18.6 Å². The van der Waals surface area contributed by atoms with Gasteiger partial charge in [0.05, 0.1) is 17.4 Å². The van der Waals surface area contributed by atoms with Gasteiger partial charge >= 0.3 is 6.18 Å². The number of nitrogens with zero attached hydrogens (tertiary/aromatic N) is 3. The van der Waals surface area contributed by atoms with Crippen LogP contribution in [-0.4, -0.2) is 58.5 Å². The van der Waals surface area contributed by atoms with Crippen LogP contribution in [0.4, 0.5) is 13.2 Å². The van der Waals surface area contributed by atoms with Crippen LogP contribution < -0.4 is 10.1 Å². The van der Waals surface area contributed by atoms with Crippen LogP contribution in [0.1, 0.15) is 42.5 Å². The topological polar surface area (TPSA) is 59.4 Å². The lowest BCUT2D eigenvalue weighted by atomic mass is 9.90. The number of nitrogens with one attached hydrogen (secondary N) is 1. The molecule has 0 unspecified atom stereocenters. The smallest absolute Gasteiger partial charge is 0.405 e. The van der Waals surface area contributed by atoms with E-state index in [9.17, 15) is 18.0 Å². The largest absolute Gasteiger partial charge is 0.490 e. The summed E-state index contributed by atoms with van der Waals surface area (Å²) < 4.78 is 44.2. The Kier molecular flexibility index (Phi) is 5.99. The molecule has 1 amide bonds. The number of halogens is 3. The monoisotopic (exact) mass is 422 g/mol. The standard InChI is InChI=1S/C21H25F3N4O2/c22-21(23,24)14-25-20(29)15-12-26-28(13-15)17-4-6-18(7-5-17)30-19-8-10-27(11-9-19)16-2-1-3-16/h4-7,12-13,16,19H,1-3,8-11,14H2,(H,25,29). The zero-order valence-corrected chi connectivity index (χ0v) is 16.6. The fraction of sp³-hybridized carbons (Fsp3) is 0.524. The molecule has 162 valence electrons. The van der Waals surface area contributed by atoms with Crippen molar-refractivity contribution in [3.63, 3.8) is 0 Å². The van der Waals surface area contributed by atoms with E-state index in [0.717, 1.165) is 37.7 Å². The van der Waals surface area contributed by atoms with E-state index in [-0.39, 0.29) is 11.7 Å². The number of benzene rings is 1. The van der Waals surface area contributed by atoms with Crippen LogP contribution in [0.25, 0.3) is 5.69 Å². The second-order valence-electron chi connectivity index (χ2n) is 7.90. The average molecular weight is 422 g/mol. The van der Waals surface area contributed by atoms with Crippen LogP contribution in [-0.2, 0) is 0 Å². The van der Waals surface area contributed by atoms with Crippen molar-refractivity contribution in [1.29, 1.82) is 0 Å². The van der Waals surface area contributed by atoms with E-state index in [0.29, 0.717) is 5.69 Å². The number of aromatic nitrogens is 2. The highest BCUT2D eigenvalue weighted by Crippen LogP contribution is 2.28. The maximum absolute atomic E-state index is 12.2. The van der Waals surface area contributed by atoms with Gasteiger partial charge in [-0.15, -0.1) is 0 Å². The molecule has 2 aliphatic rings. The fourth-order valence-corrected chi connectivity index (χ4v) is 3.84. The van der Waals surface area contributed by atoms with Gasteiger partial charge in [0.1, 0.15) is 18.4 Å². The predicted octanol–water partition coefficient (Wildman–Crippen LogP) is 3.56. The zero-order valence-electron chi connectivity index (χ0n) is 16.6. The molecule has 2 aromatic rings. The summed E-state index contributed by atoms with van der Waals surface area (Å²) in [5, 5.41) is 5.90. The number of likely N-dealkylation sites (tertiary alicyclic amines) is 1. The van der Waals surface area contributed by atoms with Gasteiger partial charge in [0.25, 0.3) is 5.91 Å². The third-order valence-corrected chi connectivity index (χ3v) is 5.77. The van der Waals surface area contributed by atoms with Crippen molar-refractivity contribution >= 4 is 5.91 Å². The third kappa shape index (κ3) is 5.13. The van der Waals surface area contributed by atoms with Crippen molar-refractivity contribution in [3.05, 3.63) is 42.2 Å². The van der Waals surface area contributed by atoms with E-state index >= 15 is 0 Å². The summed E-state index contributed by atoms with van der Waals surface area (Å²) in [4.78, 5) is 14.4. The highest BCUT2D eigenvalue weighted by atomic mass is 19.4. The Morgan fingerprint density at radius 1 is 1.13 bits per heavy atom. The predicted molar refractivity (Wildman–Crippen MR) is 105 cm³/mol. The Bertz CT molecular complexity index is 854. The van der Waals surface area contributed by atoms with Crippen molar-refractivity contribution in [2.75, 3.05) is 19.6 Å². The van der Waals surface area contributed by atoms with Crippen molar-refractivity contribution in [2.45, 2.75) is 50.4 Å². The molecule has 0 radical (unpaired) electrons. The molecular weight excluding hydrogens is 397 g/mol. The molecule has 0 spiro atoms. The summed E-state index contributed by atoms with van der Waals surface area (Å²) in [5.41, 5.74) is 0.759. The van der Waals surface area contributed by atoms with E-state index in [4.69, 9.17) is 4.74 Å². The summed E-state index contributed by atoms with van der Waals surface area (Å²) >= 11 is 0. The molecule has 0 atom stereocenters. The number of amides is 1. The molecule has 1 aliphatic carbocycles. The second-order valence-corrected chi connectivity index (χ2v) is 7.90. The Labute approximate surface area is 173 Å². The normalized spacial score (nSPS) is 18.8. The van der Waals surface area contributed by atoms with Gasteiger partial charge in [0, 0.05) is 25.3 Å². The van der Waals surface area contributed by atoms with Crippen molar-refractivity contribution < 1.29 is 22.7 Å². The molecule has 30 heavy (non-hydrogen) atoms. The average Bonchev–Trinajstić information content (AvgIpc) is 3.17. The van der Waals surface area contributed by atoms with E-state index in [1.165, 1.54) is 36.3 Å². The molecule has 6 nitrogen and oxygen atoms in total. The Morgan fingerprint density at radius 3 is 2.43 bits per heavy atom. The van der Waals surface area contributed by atoms with Crippen LogP contribution in [0.2, 0.25) is 0 Å². The molecule has 0 bridgehead atoms. The number of hydrogen-bond donors (Lipinski definition) is 1. The Hall–Kier alpha value is -2.55. The molecule has 1 N–H and O–H groups in total. The van der Waals surface area contributed by atoms with Gasteiger partial charge in [-0.2, -0.15) is 18.3 Å². The highest BCUT2D eigenvalue weighted by Gasteiger charge is 2.29. The molecule has 4 rings (SSSR count). The molecule has 1 saturated carbocycles. The molecule has 1 saturated heterocycles. The van der Waals surface area contributed by atoms with Gasteiger partial charge in [-0.25, -0.2) is 4.68 Å². The number of carbonyl (C=O) groups is 1. The summed E-state index contributed by atoms with van der Waals surface area (Å²) in [6.07, 6.45) is 4.45. The van der Waals surface area contributed by atoms with Crippen LogP contribution >= 0.6 is 0 Å². The lowest BCUT2D eigenvalue weighted by Crippen LogP contribution is -2.46. The van der Waals surface area contributed by atoms with Crippen LogP contribution in [0, 0.1) is 0 Å². The summed E-state index contributed by atoms with van der Waals surface area (Å²) in [7, 11) is 0. The Balaban J connectivity index is 1.29.